The summed E-state index contributed by atoms with van der Waals surface area (Å²) in [5.41, 5.74) is 2.25. The molecule has 0 bridgehead atoms. The van der Waals surface area contributed by atoms with Crippen molar-refractivity contribution >= 4 is 35.2 Å². The summed E-state index contributed by atoms with van der Waals surface area (Å²) in [5.74, 6) is -0.899. The van der Waals surface area contributed by atoms with Crippen LogP contribution in [-0.4, -0.2) is 41.0 Å². The second kappa shape index (κ2) is 14.4. The van der Waals surface area contributed by atoms with E-state index in [4.69, 9.17) is 16.3 Å². The summed E-state index contributed by atoms with van der Waals surface area (Å²) < 4.78 is 5.47. The quantitative estimate of drug-likeness (QED) is 0.305. The fourth-order valence-corrected chi connectivity index (χ4v) is 4.56. The van der Waals surface area contributed by atoms with E-state index in [1.54, 1.807) is 31.7 Å². The predicted molar refractivity (Wildman–Crippen MR) is 158 cm³/mol. The first-order valence-corrected chi connectivity index (χ1v) is 14.1. The first-order chi connectivity index (χ1) is 18.3. The number of benzene rings is 2. The molecule has 0 aromatic heterocycles. The first kappa shape index (κ1) is 32.2. The van der Waals surface area contributed by atoms with Crippen molar-refractivity contribution in [3.63, 3.8) is 0 Å². The molecule has 214 valence electrons. The van der Waals surface area contributed by atoms with Crippen LogP contribution in [0.4, 0.5) is 10.5 Å². The van der Waals surface area contributed by atoms with Gasteiger partial charge in [0.05, 0.1) is 10.7 Å². The van der Waals surface area contributed by atoms with Crippen LogP contribution in [0.1, 0.15) is 83.5 Å². The number of alkyl carbamates (subject to hydrolysis) is 1. The smallest absolute Gasteiger partial charge is 0.408 e. The number of unbranched alkanes of at least 4 members (excludes halogenated alkanes) is 1. The van der Waals surface area contributed by atoms with Gasteiger partial charge in [-0.05, 0) is 64.2 Å². The van der Waals surface area contributed by atoms with Crippen LogP contribution in [0, 0.1) is 19.8 Å². The topological polar surface area (TPSA) is 87.7 Å². The highest BCUT2D eigenvalue weighted by molar-refractivity contribution is 6.34. The highest BCUT2D eigenvalue weighted by Gasteiger charge is 2.38. The van der Waals surface area contributed by atoms with Crippen LogP contribution in [0.15, 0.2) is 42.5 Å². The summed E-state index contributed by atoms with van der Waals surface area (Å²) in [6.45, 7) is 15.4. The minimum atomic E-state index is -0.938. The third-order valence-corrected chi connectivity index (χ3v) is 6.89. The lowest BCUT2D eigenvalue weighted by Crippen LogP contribution is -2.55. The average molecular weight is 558 g/mol. The molecule has 3 amide bonds. The zero-order valence-electron chi connectivity index (χ0n) is 24.6. The van der Waals surface area contributed by atoms with Crippen LogP contribution in [0.3, 0.4) is 0 Å². The van der Waals surface area contributed by atoms with Gasteiger partial charge in [-0.2, -0.15) is 0 Å². The number of hydrogen-bond acceptors (Lipinski definition) is 4. The lowest BCUT2D eigenvalue weighted by Gasteiger charge is -2.36. The van der Waals surface area contributed by atoms with Gasteiger partial charge in [-0.3, -0.25) is 9.59 Å². The van der Waals surface area contributed by atoms with E-state index in [9.17, 15) is 14.4 Å². The van der Waals surface area contributed by atoms with Crippen LogP contribution < -0.4 is 10.6 Å². The average Bonchev–Trinajstić information content (AvgIpc) is 2.85. The Morgan fingerprint density at radius 1 is 1.05 bits per heavy atom. The summed E-state index contributed by atoms with van der Waals surface area (Å²) in [4.78, 5) is 42.7. The standard InChI is InChI=1S/C31H44ClN3O4/c1-9-11-18-35(29(37)26(21(4)10-2)34-30(38)39-31(6,7)8)27(23-16-12-14-20(3)19-23)28(36)33-25-22(5)15-13-17-24(25)32/h12-17,19,21,26-27H,9-11,18H2,1-8H3,(H,33,36)(H,34,38). The van der Waals surface area contributed by atoms with E-state index >= 15 is 0 Å². The summed E-state index contributed by atoms with van der Waals surface area (Å²) in [6, 6.07) is 11.2. The number of halogens is 1. The van der Waals surface area contributed by atoms with Crippen molar-refractivity contribution in [1.29, 1.82) is 0 Å². The van der Waals surface area contributed by atoms with Crippen molar-refractivity contribution in [2.24, 2.45) is 5.92 Å². The predicted octanol–water partition coefficient (Wildman–Crippen LogP) is 7.20. The Balaban J connectivity index is 2.59. The fourth-order valence-electron chi connectivity index (χ4n) is 4.29. The zero-order valence-corrected chi connectivity index (χ0v) is 25.3. The van der Waals surface area contributed by atoms with Crippen molar-refractivity contribution in [3.05, 3.63) is 64.2 Å². The molecule has 0 radical (unpaired) electrons. The largest absolute Gasteiger partial charge is 0.444 e. The molecule has 7 nitrogen and oxygen atoms in total. The van der Waals surface area contributed by atoms with E-state index in [2.05, 4.69) is 10.6 Å². The van der Waals surface area contributed by atoms with Crippen LogP contribution >= 0.6 is 11.6 Å². The first-order valence-electron chi connectivity index (χ1n) is 13.7. The van der Waals surface area contributed by atoms with E-state index < -0.39 is 23.8 Å². The van der Waals surface area contributed by atoms with E-state index in [0.29, 0.717) is 35.7 Å². The van der Waals surface area contributed by atoms with Gasteiger partial charge in [-0.25, -0.2) is 4.79 Å². The van der Waals surface area contributed by atoms with Gasteiger partial charge < -0.3 is 20.3 Å². The number of amides is 3. The molecule has 0 fully saturated rings. The second-order valence-electron chi connectivity index (χ2n) is 11.1. The van der Waals surface area contributed by atoms with Gasteiger partial charge in [0, 0.05) is 6.54 Å². The summed E-state index contributed by atoms with van der Waals surface area (Å²) in [5, 5.41) is 6.20. The maximum Gasteiger partial charge on any atom is 0.408 e. The SMILES string of the molecule is CCCCN(C(=O)C(NC(=O)OC(C)(C)C)C(C)CC)C(C(=O)Nc1c(C)cccc1Cl)c1cccc(C)c1. The van der Waals surface area contributed by atoms with Gasteiger partial charge >= 0.3 is 6.09 Å². The van der Waals surface area contributed by atoms with Crippen molar-refractivity contribution in [2.45, 2.75) is 92.3 Å². The van der Waals surface area contributed by atoms with Gasteiger partial charge in [-0.15, -0.1) is 0 Å². The molecular formula is C31H44ClN3O4. The molecule has 0 saturated heterocycles. The molecule has 3 atom stereocenters. The Kier molecular flexibility index (Phi) is 11.8. The molecule has 2 aromatic carbocycles. The molecule has 0 aliphatic heterocycles. The van der Waals surface area contributed by atoms with Gasteiger partial charge in [0.25, 0.3) is 5.91 Å². The zero-order chi connectivity index (χ0) is 29.3. The Hall–Kier alpha value is -3.06. The van der Waals surface area contributed by atoms with Crippen LogP contribution in [0.25, 0.3) is 0 Å². The molecule has 2 N–H and O–H groups in total. The number of carbonyl (C=O) groups is 3. The molecule has 0 aliphatic rings. The monoisotopic (exact) mass is 557 g/mol. The number of rotatable bonds is 11. The third-order valence-electron chi connectivity index (χ3n) is 6.57. The third kappa shape index (κ3) is 9.27. The van der Waals surface area contributed by atoms with Crippen molar-refractivity contribution in [3.8, 4) is 0 Å². The molecule has 8 heteroatoms. The number of nitrogens with zero attached hydrogens (tertiary/aromatic N) is 1. The van der Waals surface area contributed by atoms with Gasteiger partial charge in [0.2, 0.25) is 5.91 Å². The Bertz CT molecular complexity index is 1120. The number of nitrogens with one attached hydrogen (secondary N) is 2. The number of anilines is 1. The number of carbonyl (C=O) groups excluding carboxylic acids is 3. The maximum absolute atomic E-state index is 14.3. The molecule has 0 spiro atoms. The molecule has 0 saturated carbocycles. The minimum Gasteiger partial charge on any atom is -0.444 e. The number of ether oxygens (including phenoxy) is 1. The maximum atomic E-state index is 14.3. The molecule has 2 rings (SSSR count). The number of hydrogen-bond donors (Lipinski definition) is 2. The van der Waals surface area contributed by atoms with Crippen LogP contribution in [0.5, 0.6) is 0 Å². The van der Waals surface area contributed by atoms with E-state index in [0.717, 1.165) is 17.5 Å². The summed E-state index contributed by atoms with van der Waals surface area (Å²) in [7, 11) is 0. The van der Waals surface area contributed by atoms with E-state index in [1.165, 1.54) is 0 Å². The van der Waals surface area contributed by atoms with Crippen LogP contribution in [-0.2, 0) is 14.3 Å². The molecular weight excluding hydrogens is 514 g/mol. The highest BCUT2D eigenvalue weighted by atomic mass is 35.5. The normalized spacial score (nSPS) is 13.7. The van der Waals surface area contributed by atoms with E-state index in [-0.39, 0.29) is 17.7 Å². The molecule has 39 heavy (non-hydrogen) atoms. The van der Waals surface area contributed by atoms with Gasteiger partial charge in [0.1, 0.15) is 17.7 Å². The Labute approximate surface area is 238 Å². The summed E-state index contributed by atoms with van der Waals surface area (Å²) >= 11 is 6.44. The Morgan fingerprint density at radius 3 is 2.28 bits per heavy atom. The van der Waals surface area contributed by atoms with Crippen LogP contribution in [0.2, 0.25) is 5.02 Å². The van der Waals surface area contributed by atoms with Crippen molar-refractivity contribution in [2.75, 3.05) is 11.9 Å². The Morgan fingerprint density at radius 2 is 1.72 bits per heavy atom. The minimum absolute atomic E-state index is 0.193. The molecule has 3 unspecified atom stereocenters. The number of aryl methyl sites for hydroxylation is 2. The van der Waals surface area contributed by atoms with Crippen molar-refractivity contribution in [1.82, 2.24) is 10.2 Å². The van der Waals surface area contributed by atoms with Gasteiger partial charge in [-0.1, -0.05) is 87.2 Å². The van der Waals surface area contributed by atoms with E-state index in [1.807, 2.05) is 71.0 Å². The second-order valence-corrected chi connectivity index (χ2v) is 11.5. The van der Waals surface area contributed by atoms with Crippen molar-refractivity contribution < 1.29 is 19.1 Å². The number of para-hydroxylation sites is 1. The lowest BCUT2D eigenvalue weighted by molar-refractivity contribution is -0.142. The van der Waals surface area contributed by atoms with Gasteiger partial charge in [0.15, 0.2) is 0 Å². The lowest BCUT2D eigenvalue weighted by atomic mass is 9.95. The summed E-state index contributed by atoms with van der Waals surface area (Å²) in [6.07, 6.45) is 1.49. The fraction of sp³-hybridized carbons (Fsp3) is 0.516. The highest BCUT2D eigenvalue weighted by Crippen LogP contribution is 2.30. The molecule has 0 heterocycles. The molecule has 0 aliphatic carbocycles. The molecule has 2 aromatic rings.